The fourth-order valence-electron chi connectivity index (χ4n) is 6.22. The predicted octanol–water partition coefficient (Wildman–Crippen LogP) is 2.61. The molecule has 1 N–H and O–H groups in total. The van der Waals surface area contributed by atoms with Crippen LogP contribution in [0.3, 0.4) is 0 Å². The number of esters is 2. The van der Waals surface area contributed by atoms with Crippen molar-refractivity contribution in [1.29, 1.82) is 0 Å². The van der Waals surface area contributed by atoms with Gasteiger partial charge in [-0.1, -0.05) is 27.4 Å². The van der Waals surface area contributed by atoms with Crippen molar-refractivity contribution in [2.45, 2.75) is 71.7 Å². The Morgan fingerprint density at radius 1 is 1.12 bits per heavy atom. The number of carbonyl (C=O) groups is 2. The van der Waals surface area contributed by atoms with Gasteiger partial charge in [-0.2, -0.15) is 0 Å². The highest BCUT2D eigenvalue weighted by Crippen LogP contribution is 2.72. The summed E-state index contributed by atoms with van der Waals surface area (Å²) in [6.45, 7) is 13.2. The van der Waals surface area contributed by atoms with Crippen LogP contribution in [0.25, 0.3) is 0 Å². The molecule has 24 heavy (non-hydrogen) atoms. The summed E-state index contributed by atoms with van der Waals surface area (Å²) in [5.74, 6) is -0.694. The Labute approximate surface area is 143 Å². The van der Waals surface area contributed by atoms with Gasteiger partial charge in [-0.3, -0.25) is 9.59 Å². The van der Waals surface area contributed by atoms with E-state index in [-0.39, 0.29) is 40.7 Å². The Balaban J connectivity index is 1.97. The summed E-state index contributed by atoms with van der Waals surface area (Å²) in [6, 6.07) is 0. The van der Waals surface area contributed by atoms with Gasteiger partial charge in [0.2, 0.25) is 0 Å². The lowest BCUT2D eigenvalue weighted by Gasteiger charge is -2.43. The van der Waals surface area contributed by atoms with Gasteiger partial charge in [0.05, 0.1) is 5.60 Å². The Morgan fingerprint density at radius 3 is 2.25 bits per heavy atom. The molecule has 5 heteroatoms. The van der Waals surface area contributed by atoms with Crippen LogP contribution >= 0.6 is 0 Å². The van der Waals surface area contributed by atoms with E-state index in [1.165, 1.54) is 13.8 Å². The predicted molar refractivity (Wildman–Crippen MR) is 87.9 cm³/mol. The maximum absolute atomic E-state index is 11.7. The molecule has 3 fully saturated rings. The number of aliphatic hydroxyl groups is 1. The minimum atomic E-state index is -1.08. The summed E-state index contributed by atoms with van der Waals surface area (Å²) >= 11 is 0. The van der Waals surface area contributed by atoms with Gasteiger partial charge in [0.15, 0.2) is 0 Å². The molecule has 0 unspecified atom stereocenters. The van der Waals surface area contributed by atoms with E-state index in [1.807, 2.05) is 0 Å². The molecule has 0 aliphatic heterocycles. The molecule has 0 spiro atoms. The molecule has 3 rings (SSSR count). The number of hydrogen-bond acceptors (Lipinski definition) is 5. The SMILES string of the molecule is C=C1[C@@H](OC(C)=O)C[C@@H]2C[C@]3(C)C[C@H](OC(C)=O)C(C)(C)[C@@H]3[C@@]12O. The van der Waals surface area contributed by atoms with E-state index in [1.54, 1.807) is 0 Å². The van der Waals surface area contributed by atoms with Gasteiger partial charge in [-0.15, -0.1) is 0 Å². The third-order valence-corrected chi connectivity index (χ3v) is 6.72. The lowest BCUT2D eigenvalue weighted by molar-refractivity contribution is -0.154. The third kappa shape index (κ3) is 2.17. The van der Waals surface area contributed by atoms with Gasteiger partial charge in [0, 0.05) is 25.2 Å². The minimum Gasteiger partial charge on any atom is -0.462 e. The number of ether oxygens (including phenoxy) is 2. The largest absolute Gasteiger partial charge is 0.462 e. The second-order valence-corrected chi connectivity index (χ2v) is 8.80. The van der Waals surface area contributed by atoms with Gasteiger partial charge in [0.1, 0.15) is 12.2 Å². The second kappa shape index (κ2) is 5.07. The minimum absolute atomic E-state index is 0.0295. The van der Waals surface area contributed by atoms with Crippen LogP contribution in [-0.4, -0.2) is 34.9 Å². The molecule has 3 aliphatic carbocycles. The van der Waals surface area contributed by atoms with Crippen LogP contribution < -0.4 is 0 Å². The number of fused-ring (bicyclic) bond motifs is 3. The van der Waals surface area contributed by atoms with Gasteiger partial charge < -0.3 is 14.6 Å². The average Bonchev–Trinajstić information content (AvgIpc) is 2.84. The van der Waals surface area contributed by atoms with E-state index in [9.17, 15) is 14.7 Å². The van der Waals surface area contributed by atoms with Crippen molar-refractivity contribution in [1.82, 2.24) is 0 Å². The van der Waals surface area contributed by atoms with E-state index in [4.69, 9.17) is 9.47 Å². The molecule has 0 amide bonds. The summed E-state index contributed by atoms with van der Waals surface area (Å²) in [4.78, 5) is 22.9. The summed E-state index contributed by atoms with van der Waals surface area (Å²) in [6.07, 6.45) is 1.54. The van der Waals surface area contributed by atoms with E-state index in [0.29, 0.717) is 12.0 Å². The molecule has 5 nitrogen and oxygen atoms in total. The lowest BCUT2D eigenvalue weighted by Crippen LogP contribution is -2.48. The molecule has 0 aromatic heterocycles. The summed E-state index contributed by atoms with van der Waals surface area (Å²) in [7, 11) is 0. The molecule has 0 aromatic carbocycles. The number of rotatable bonds is 2. The monoisotopic (exact) mass is 336 g/mol. The summed E-state index contributed by atoms with van der Waals surface area (Å²) in [5, 5.41) is 11.7. The fourth-order valence-corrected chi connectivity index (χ4v) is 6.22. The normalized spacial score (nSPS) is 45.7. The molecule has 6 atom stereocenters. The fraction of sp³-hybridized carbons (Fsp3) is 0.789. The molecule has 134 valence electrons. The molecule has 3 saturated carbocycles. The van der Waals surface area contributed by atoms with Crippen molar-refractivity contribution in [3.63, 3.8) is 0 Å². The van der Waals surface area contributed by atoms with Crippen LogP contribution in [0.5, 0.6) is 0 Å². The van der Waals surface area contributed by atoms with Crippen LogP contribution in [0.1, 0.15) is 53.9 Å². The van der Waals surface area contributed by atoms with Gasteiger partial charge in [-0.05, 0) is 36.2 Å². The van der Waals surface area contributed by atoms with Crippen LogP contribution in [0.2, 0.25) is 0 Å². The maximum atomic E-state index is 11.7. The smallest absolute Gasteiger partial charge is 0.303 e. The van der Waals surface area contributed by atoms with Crippen molar-refractivity contribution in [3.05, 3.63) is 12.2 Å². The quantitative estimate of drug-likeness (QED) is 0.620. The average molecular weight is 336 g/mol. The highest BCUT2D eigenvalue weighted by Gasteiger charge is 2.73. The highest BCUT2D eigenvalue weighted by atomic mass is 16.5. The number of hydrogen-bond donors (Lipinski definition) is 1. The van der Waals surface area contributed by atoms with Crippen LogP contribution in [-0.2, 0) is 19.1 Å². The van der Waals surface area contributed by atoms with Crippen molar-refractivity contribution < 1.29 is 24.2 Å². The molecule has 0 radical (unpaired) electrons. The second-order valence-electron chi connectivity index (χ2n) is 8.80. The standard InChI is InChI=1S/C19H28O5/c1-10-14(23-11(2)20)7-13-8-18(6)9-15(24-12(3)21)17(4,5)16(18)19(10,13)22/h13-16,22H,1,7-9H2,2-6H3/t13-,14+,15+,16+,18-,19-/m1/s1. The first-order valence-corrected chi connectivity index (χ1v) is 8.69. The Hall–Kier alpha value is -1.36. The first-order valence-electron chi connectivity index (χ1n) is 8.69. The van der Waals surface area contributed by atoms with Gasteiger partial charge >= 0.3 is 11.9 Å². The van der Waals surface area contributed by atoms with E-state index >= 15 is 0 Å². The Kier molecular flexibility index (Phi) is 3.69. The molecular formula is C19H28O5. The van der Waals surface area contributed by atoms with Crippen molar-refractivity contribution in [2.24, 2.45) is 22.7 Å². The van der Waals surface area contributed by atoms with Crippen molar-refractivity contribution in [2.75, 3.05) is 0 Å². The van der Waals surface area contributed by atoms with Crippen molar-refractivity contribution >= 4 is 11.9 Å². The van der Waals surface area contributed by atoms with Crippen LogP contribution in [0, 0.1) is 22.7 Å². The zero-order valence-corrected chi connectivity index (χ0v) is 15.2. The zero-order valence-electron chi connectivity index (χ0n) is 15.2. The van der Waals surface area contributed by atoms with E-state index in [2.05, 4.69) is 27.4 Å². The van der Waals surface area contributed by atoms with Crippen molar-refractivity contribution in [3.8, 4) is 0 Å². The molecule has 0 aromatic rings. The molecular weight excluding hydrogens is 308 g/mol. The number of carbonyl (C=O) groups excluding carboxylic acids is 2. The molecule has 0 saturated heterocycles. The summed E-state index contributed by atoms with van der Waals surface area (Å²) in [5.41, 5.74) is -0.966. The van der Waals surface area contributed by atoms with E-state index in [0.717, 1.165) is 12.8 Å². The molecule has 0 bridgehead atoms. The van der Waals surface area contributed by atoms with E-state index < -0.39 is 11.7 Å². The first-order chi connectivity index (χ1) is 10.9. The van der Waals surface area contributed by atoms with Gasteiger partial charge in [-0.25, -0.2) is 0 Å². The first kappa shape index (κ1) is 17.5. The maximum Gasteiger partial charge on any atom is 0.303 e. The molecule has 0 heterocycles. The van der Waals surface area contributed by atoms with Crippen LogP contribution in [0.15, 0.2) is 12.2 Å². The Bertz CT molecular complexity index is 609. The summed E-state index contributed by atoms with van der Waals surface area (Å²) < 4.78 is 11.0. The highest BCUT2D eigenvalue weighted by molar-refractivity contribution is 5.67. The lowest BCUT2D eigenvalue weighted by atomic mass is 9.66. The zero-order chi connectivity index (χ0) is 18.1. The third-order valence-electron chi connectivity index (χ3n) is 6.72. The molecule has 3 aliphatic rings. The Morgan fingerprint density at radius 2 is 1.71 bits per heavy atom. The van der Waals surface area contributed by atoms with Crippen LogP contribution in [0.4, 0.5) is 0 Å². The van der Waals surface area contributed by atoms with Gasteiger partial charge in [0.25, 0.3) is 0 Å². The topological polar surface area (TPSA) is 72.8 Å².